The van der Waals surface area contributed by atoms with Gasteiger partial charge < -0.3 is 4.90 Å². The highest BCUT2D eigenvalue weighted by Gasteiger charge is 2.29. The number of aromatic nitrogens is 2. The van der Waals surface area contributed by atoms with Crippen molar-refractivity contribution in [3.05, 3.63) is 17.5 Å². The maximum absolute atomic E-state index is 5.93. The van der Waals surface area contributed by atoms with Crippen LogP contribution in [0.5, 0.6) is 0 Å². The van der Waals surface area contributed by atoms with Crippen LogP contribution >= 0.6 is 11.6 Å². The molecule has 0 bridgehead atoms. The molecule has 1 atom stereocenters. The van der Waals surface area contributed by atoms with Gasteiger partial charge in [0.1, 0.15) is 17.3 Å². The van der Waals surface area contributed by atoms with Gasteiger partial charge in [-0.1, -0.05) is 11.6 Å². The molecule has 3 heterocycles. The van der Waals surface area contributed by atoms with Crippen LogP contribution in [-0.4, -0.2) is 47.1 Å². The van der Waals surface area contributed by atoms with Gasteiger partial charge in [0.2, 0.25) is 0 Å². The summed E-state index contributed by atoms with van der Waals surface area (Å²) in [7, 11) is 0. The first-order chi connectivity index (χ1) is 8.33. The Labute approximate surface area is 107 Å². The third-order valence-corrected chi connectivity index (χ3v) is 3.95. The average Bonchev–Trinajstić information content (AvgIpc) is 2.66. The van der Waals surface area contributed by atoms with Crippen LogP contribution in [0.25, 0.3) is 0 Å². The summed E-state index contributed by atoms with van der Waals surface area (Å²) >= 11 is 5.93. The summed E-state index contributed by atoms with van der Waals surface area (Å²) in [6, 6.07) is 2.57. The van der Waals surface area contributed by atoms with Gasteiger partial charge in [-0.3, -0.25) is 4.90 Å². The second kappa shape index (κ2) is 4.78. The van der Waals surface area contributed by atoms with Gasteiger partial charge in [-0.05, 0) is 25.8 Å². The van der Waals surface area contributed by atoms with Crippen LogP contribution in [0.15, 0.2) is 12.4 Å². The fraction of sp³-hybridized carbons (Fsp3) is 0.667. The van der Waals surface area contributed by atoms with Crippen LogP contribution in [0.3, 0.4) is 0 Å². The molecule has 0 saturated carbocycles. The summed E-state index contributed by atoms with van der Waals surface area (Å²) in [5, 5.41) is 0.530. The summed E-state index contributed by atoms with van der Waals surface area (Å²) in [5.74, 6) is 0.971. The lowest BCUT2D eigenvalue weighted by molar-refractivity contribution is 0.273. The van der Waals surface area contributed by atoms with Crippen LogP contribution in [0.1, 0.15) is 19.3 Å². The fourth-order valence-corrected chi connectivity index (χ4v) is 3.05. The number of fused-ring (bicyclic) bond motifs is 1. The van der Waals surface area contributed by atoms with E-state index in [1.165, 1.54) is 32.4 Å². The van der Waals surface area contributed by atoms with E-state index in [2.05, 4.69) is 19.8 Å². The fourth-order valence-electron chi connectivity index (χ4n) is 2.91. The molecule has 2 saturated heterocycles. The Morgan fingerprint density at radius 3 is 2.94 bits per heavy atom. The van der Waals surface area contributed by atoms with Crippen LogP contribution in [0, 0.1) is 0 Å². The minimum atomic E-state index is 0.530. The molecule has 4 nitrogen and oxygen atoms in total. The van der Waals surface area contributed by atoms with Gasteiger partial charge in [0.05, 0.1) is 0 Å². The second-order valence-corrected chi connectivity index (χ2v) is 5.22. The first-order valence-electron chi connectivity index (χ1n) is 6.29. The molecule has 0 N–H and O–H groups in total. The Bertz CT molecular complexity index is 398. The monoisotopic (exact) mass is 252 g/mol. The zero-order chi connectivity index (χ0) is 11.7. The van der Waals surface area contributed by atoms with Gasteiger partial charge >= 0.3 is 0 Å². The molecule has 92 valence electrons. The van der Waals surface area contributed by atoms with Gasteiger partial charge in [0, 0.05) is 31.7 Å². The highest BCUT2D eigenvalue weighted by Crippen LogP contribution is 2.24. The number of hydrogen-bond donors (Lipinski definition) is 0. The number of hydrogen-bond acceptors (Lipinski definition) is 4. The summed E-state index contributed by atoms with van der Waals surface area (Å²) in [6.07, 6.45) is 5.41. The third-order valence-electron chi connectivity index (χ3n) is 3.75. The minimum absolute atomic E-state index is 0.530. The molecule has 3 rings (SSSR count). The number of rotatable bonds is 1. The Kier molecular flexibility index (Phi) is 3.16. The maximum Gasteiger partial charge on any atom is 0.134 e. The SMILES string of the molecule is Clc1cc(N2CCCN3CCCC3C2)ncn1. The smallest absolute Gasteiger partial charge is 0.134 e. The van der Waals surface area contributed by atoms with Gasteiger partial charge in [-0.2, -0.15) is 0 Å². The van der Waals surface area contributed by atoms with Crippen LogP contribution in [0.2, 0.25) is 5.15 Å². The molecule has 0 aliphatic carbocycles. The molecule has 0 amide bonds. The molecule has 1 aromatic rings. The van der Waals surface area contributed by atoms with E-state index >= 15 is 0 Å². The molecule has 2 fully saturated rings. The highest BCUT2D eigenvalue weighted by molar-refractivity contribution is 6.29. The summed E-state index contributed by atoms with van der Waals surface area (Å²) < 4.78 is 0. The zero-order valence-corrected chi connectivity index (χ0v) is 10.6. The topological polar surface area (TPSA) is 32.3 Å². The van der Waals surface area contributed by atoms with Gasteiger partial charge in [-0.15, -0.1) is 0 Å². The van der Waals surface area contributed by atoms with Crippen LogP contribution in [-0.2, 0) is 0 Å². The predicted molar refractivity (Wildman–Crippen MR) is 68.5 cm³/mol. The van der Waals surface area contributed by atoms with E-state index in [-0.39, 0.29) is 0 Å². The lowest BCUT2D eigenvalue weighted by Gasteiger charge is -2.26. The minimum Gasteiger partial charge on any atom is -0.355 e. The Balaban J connectivity index is 1.78. The van der Waals surface area contributed by atoms with Crippen molar-refractivity contribution in [3.63, 3.8) is 0 Å². The zero-order valence-electron chi connectivity index (χ0n) is 9.85. The molecule has 0 aromatic carbocycles. The highest BCUT2D eigenvalue weighted by atomic mass is 35.5. The van der Waals surface area contributed by atoms with Crippen molar-refractivity contribution in [3.8, 4) is 0 Å². The molecule has 1 aromatic heterocycles. The van der Waals surface area contributed by atoms with E-state index < -0.39 is 0 Å². The first kappa shape index (κ1) is 11.2. The van der Waals surface area contributed by atoms with Crippen LogP contribution < -0.4 is 4.90 Å². The summed E-state index contributed by atoms with van der Waals surface area (Å²) in [5.41, 5.74) is 0. The Morgan fingerprint density at radius 2 is 2.06 bits per heavy atom. The van der Waals surface area contributed by atoms with Crippen molar-refractivity contribution in [2.75, 3.05) is 31.1 Å². The van der Waals surface area contributed by atoms with E-state index in [4.69, 9.17) is 11.6 Å². The number of halogens is 1. The molecule has 2 aliphatic heterocycles. The van der Waals surface area contributed by atoms with Gasteiger partial charge in [-0.25, -0.2) is 9.97 Å². The van der Waals surface area contributed by atoms with Crippen molar-refractivity contribution < 1.29 is 0 Å². The molecule has 5 heteroatoms. The van der Waals surface area contributed by atoms with Crippen molar-refractivity contribution in [2.24, 2.45) is 0 Å². The number of anilines is 1. The van der Waals surface area contributed by atoms with Crippen molar-refractivity contribution >= 4 is 17.4 Å². The van der Waals surface area contributed by atoms with E-state index in [0.29, 0.717) is 11.2 Å². The molecule has 1 unspecified atom stereocenters. The predicted octanol–water partition coefficient (Wildman–Crippen LogP) is 1.80. The number of nitrogens with zero attached hydrogens (tertiary/aromatic N) is 4. The first-order valence-corrected chi connectivity index (χ1v) is 6.67. The summed E-state index contributed by atoms with van der Waals surface area (Å²) in [4.78, 5) is 13.2. The molecule has 17 heavy (non-hydrogen) atoms. The van der Waals surface area contributed by atoms with Gasteiger partial charge in [0.25, 0.3) is 0 Å². The quantitative estimate of drug-likeness (QED) is 0.714. The molecular weight excluding hydrogens is 236 g/mol. The molecule has 2 aliphatic rings. The van der Waals surface area contributed by atoms with Crippen molar-refractivity contribution in [2.45, 2.75) is 25.3 Å². The Morgan fingerprint density at radius 1 is 1.18 bits per heavy atom. The van der Waals surface area contributed by atoms with Crippen molar-refractivity contribution in [1.29, 1.82) is 0 Å². The molecule has 0 spiro atoms. The van der Waals surface area contributed by atoms with E-state index in [9.17, 15) is 0 Å². The second-order valence-electron chi connectivity index (χ2n) is 4.83. The van der Waals surface area contributed by atoms with E-state index in [1.54, 1.807) is 6.33 Å². The standard InChI is InChI=1S/C12H17ClN4/c13-11-7-12(15-9-14-11)17-6-2-5-16-4-1-3-10(16)8-17/h7,9-10H,1-6,8H2. The maximum atomic E-state index is 5.93. The van der Waals surface area contributed by atoms with Gasteiger partial charge in [0.15, 0.2) is 0 Å². The Hall–Kier alpha value is -0.870. The summed E-state index contributed by atoms with van der Waals surface area (Å²) in [6.45, 7) is 4.64. The lowest BCUT2D eigenvalue weighted by Crippen LogP contribution is -2.36. The van der Waals surface area contributed by atoms with Crippen LogP contribution in [0.4, 0.5) is 5.82 Å². The lowest BCUT2D eigenvalue weighted by atomic mass is 10.2. The van der Waals surface area contributed by atoms with Crippen molar-refractivity contribution in [1.82, 2.24) is 14.9 Å². The van der Waals surface area contributed by atoms with E-state index in [1.807, 2.05) is 6.07 Å². The molecule has 0 radical (unpaired) electrons. The molecular formula is C12H17ClN4. The van der Waals surface area contributed by atoms with E-state index in [0.717, 1.165) is 18.9 Å². The largest absolute Gasteiger partial charge is 0.355 e. The normalized spacial score (nSPS) is 25.7. The average molecular weight is 253 g/mol. The third kappa shape index (κ3) is 2.38.